The number of hydrogen-bond donors (Lipinski definition) is 1. The van der Waals surface area contributed by atoms with Gasteiger partial charge in [0.05, 0.1) is 0 Å². The highest BCUT2D eigenvalue weighted by atomic mass is 79.9. The summed E-state index contributed by atoms with van der Waals surface area (Å²) in [5, 5.41) is 7.33. The molecule has 2 rings (SSSR count). The molecule has 68 valence electrons. The Hall–Kier alpha value is -0.550. The van der Waals surface area contributed by atoms with Crippen LogP contribution in [0.1, 0.15) is 0 Å². The van der Waals surface area contributed by atoms with Gasteiger partial charge in [-0.2, -0.15) is 5.10 Å². The molecule has 1 aromatic carbocycles. The molecular weight excluding hydrogens is 255 g/mol. The van der Waals surface area contributed by atoms with Gasteiger partial charge < -0.3 is 0 Å². The van der Waals surface area contributed by atoms with Crippen molar-refractivity contribution >= 4 is 38.6 Å². The third-order valence-electron chi connectivity index (χ3n) is 1.80. The molecule has 0 spiro atoms. The van der Waals surface area contributed by atoms with Crippen LogP contribution in [0.25, 0.3) is 10.9 Å². The van der Waals surface area contributed by atoms with Crippen LogP contribution in [-0.2, 0) is 0 Å². The van der Waals surface area contributed by atoms with Crippen LogP contribution >= 0.6 is 27.7 Å². The Morgan fingerprint density at radius 2 is 2.31 bits per heavy atom. The standard InChI is InChI=1S/C8H6BrFN2S/c1-13-5-3-2-4-7(6(5)10)11-12-8(4)9/h2-3H,1H3,(H,11,12). The zero-order valence-electron chi connectivity index (χ0n) is 6.77. The van der Waals surface area contributed by atoms with Crippen LogP contribution in [0.5, 0.6) is 0 Å². The van der Waals surface area contributed by atoms with Crippen LogP contribution in [0.2, 0.25) is 0 Å². The van der Waals surface area contributed by atoms with Crippen molar-refractivity contribution in [2.75, 3.05) is 6.26 Å². The Kier molecular flexibility index (Phi) is 2.29. The zero-order valence-corrected chi connectivity index (χ0v) is 9.17. The summed E-state index contributed by atoms with van der Waals surface area (Å²) >= 11 is 4.63. The Morgan fingerprint density at radius 3 is 3.00 bits per heavy atom. The smallest absolute Gasteiger partial charge is 0.164 e. The van der Waals surface area contributed by atoms with E-state index in [1.54, 1.807) is 6.07 Å². The highest BCUT2D eigenvalue weighted by Gasteiger charge is 2.10. The molecule has 1 heterocycles. The molecular formula is C8H6BrFN2S. The van der Waals surface area contributed by atoms with Crippen molar-refractivity contribution in [1.82, 2.24) is 10.2 Å². The molecule has 0 fully saturated rings. The van der Waals surface area contributed by atoms with Crippen LogP contribution in [0.4, 0.5) is 4.39 Å². The fraction of sp³-hybridized carbons (Fsp3) is 0.125. The first-order chi connectivity index (χ1) is 6.24. The van der Waals surface area contributed by atoms with Crippen molar-refractivity contribution < 1.29 is 4.39 Å². The number of thioether (sulfide) groups is 1. The first kappa shape index (κ1) is 9.02. The summed E-state index contributed by atoms with van der Waals surface area (Å²) in [5.74, 6) is -0.257. The summed E-state index contributed by atoms with van der Waals surface area (Å²) < 4.78 is 14.3. The van der Waals surface area contributed by atoms with E-state index in [1.807, 2.05) is 12.3 Å². The van der Waals surface area contributed by atoms with Crippen molar-refractivity contribution in [3.05, 3.63) is 22.6 Å². The number of benzene rings is 1. The highest BCUT2D eigenvalue weighted by molar-refractivity contribution is 9.10. The van der Waals surface area contributed by atoms with E-state index in [2.05, 4.69) is 26.1 Å². The van der Waals surface area contributed by atoms with E-state index in [9.17, 15) is 4.39 Å². The molecule has 0 radical (unpaired) electrons. The summed E-state index contributed by atoms with van der Waals surface area (Å²) in [6.45, 7) is 0. The lowest BCUT2D eigenvalue weighted by Crippen LogP contribution is -1.82. The molecule has 0 saturated heterocycles. The van der Waals surface area contributed by atoms with Crippen LogP contribution in [0.15, 0.2) is 21.6 Å². The molecule has 0 saturated carbocycles. The van der Waals surface area contributed by atoms with Gasteiger partial charge in [0, 0.05) is 10.3 Å². The second-order valence-corrected chi connectivity index (χ2v) is 4.16. The zero-order chi connectivity index (χ0) is 9.42. The summed E-state index contributed by atoms with van der Waals surface area (Å²) in [6, 6.07) is 3.60. The molecule has 0 amide bonds. The monoisotopic (exact) mass is 260 g/mol. The van der Waals surface area contributed by atoms with Crippen molar-refractivity contribution in [2.24, 2.45) is 0 Å². The normalized spacial score (nSPS) is 11.0. The molecule has 1 aromatic heterocycles. The highest BCUT2D eigenvalue weighted by Crippen LogP contribution is 2.28. The molecule has 0 aliphatic carbocycles. The van der Waals surface area contributed by atoms with Gasteiger partial charge >= 0.3 is 0 Å². The fourth-order valence-corrected chi connectivity index (χ4v) is 2.04. The van der Waals surface area contributed by atoms with E-state index >= 15 is 0 Å². The van der Waals surface area contributed by atoms with Gasteiger partial charge in [0.25, 0.3) is 0 Å². The minimum atomic E-state index is -0.257. The molecule has 0 aliphatic heterocycles. The molecule has 0 aliphatic rings. The lowest BCUT2D eigenvalue weighted by Gasteiger charge is -1.97. The fourth-order valence-electron chi connectivity index (χ4n) is 1.16. The van der Waals surface area contributed by atoms with Crippen LogP contribution in [0.3, 0.4) is 0 Å². The number of hydrogen-bond acceptors (Lipinski definition) is 2. The second-order valence-electron chi connectivity index (χ2n) is 2.52. The van der Waals surface area contributed by atoms with Gasteiger partial charge in [-0.15, -0.1) is 11.8 Å². The number of halogens is 2. The molecule has 1 N–H and O–H groups in total. The largest absolute Gasteiger partial charge is 0.270 e. The summed E-state index contributed by atoms with van der Waals surface area (Å²) in [7, 11) is 0. The Bertz CT molecular complexity index is 455. The predicted octanol–water partition coefficient (Wildman–Crippen LogP) is 3.19. The first-order valence-electron chi connectivity index (χ1n) is 3.60. The maximum Gasteiger partial charge on any atom is 0.164 e. The molecule has 0 atom stereocenters. The van der Waals surface area contributed by atoms with Gasteiger partial charge in [-0.25, -0.2) is 4.39 Å². The average molecular weight is 261 g/mol. The van der Waals surface area contributed by atoms with Gasteiger partial charge in [-0.1, -0.05) is 0 Å². The van der Waals surface area contributed by atoms with Crippen LogP contribution in [0, 0.1) is 5.82 Å². The Morgan fingerprint density at radius 1 is 1.54 bits per heavy atom. The van der Waals surface area contributed by atoms with Gasteiger partial charge in [0.2, 0.25) is 0 Å². The summed E-state index contributed by atoms with van der Waals surface area (Å²) in [6.07, 6.45) is 1.84. The van der Waals surface area contributed by atoms with E-state index < -0.39 is 0 Å². The number of H-pyrrole nitrogens is 1. The maximum absolute atomic E-state index is 13.6. The molecule has 2 aromatic rings. The predicted molar refractivity (Wildman–Crippen MR) is 55.5 cm³/mol. The van der Waals surface area contributed by atoms with Crippen molar-refractivity contribution in [1.29, 1.82) is 0 Å². The number of aromatic nitrogens is 2. The quantitative estimate of drug-likeness (QED) is 0.798. The SMILES string of the molecule is CSc1ccc2c(Br)[nH]nc2c1F. The van der Waals surface area contributed by atoms with Crippen LogP contribution < -0.4 is 0 Å². The molecule has 5 heteroatoms. The molecule has 0 unspecified atom stereocenters. The lowest BCUT2D eigenvalue weighted by atomic mass is 10.2. The first-order valence-corrected chi connectivity index (χ1v) is 5.62. The lowest BCUT2D eigenvalue weighted by molar-refractivity contribution is 0.611. The minimum absolute atomic E-state index is 0.257. The Labute approximate surface area is 87.0 Å². The van der Waals surface area contributed by atoms with Crippen molar-refractivity contribution in [3.8, 4) is 0 Å². The summed E-state index contributed by atoms with van der Waals surface area (Å²) in [4.78, 5) is 0.617. The number of rotatable bonds is 1. The second kappa shape index (κ2) is 3.31. The minimum Gasteiger partial charge on any atom is -0.270 e. The van der Waals surface area contributed by atoms with E-state index in [0.717, 1.165) is 5.39 Å². The molecule has 2 nitrogen and oxygen atoms in total. The molecule has 13 heavy (non-hydrogen) atoms. The van der Waals surface area contributed by atoms with Crippen molar-refractivity contribution in [2.45, 2.75) is 4.90 Å². The topological polar surface area (TPSA) is 28.7 Å². The van der Waals surface area contributed by atoms with E-state index in [-0.39, 0.29) is 5.82 Å². The van der Waals surface area contributed by atoms with Crippen LogP contribution in [-0.4, -0.2) is 16.5 Å². The maximum atomic E-state index is 13.6. The number of nitrogens with zero attached hydrogens (tertiary/aromatic N) is 1. The third-order valence-corrected chi connectivity index (χ3v) is 3.16. The number of aromatic amines is 1. The van der Waals surface area contributed by atoms with Gasteiger partial charge in [-0.3, -0.25) is 5.10 Å². The van der Waals surface area contributed by atoms with Crippen molar-refractivity contribution in [3.63, 3.8) is 0 Å². The summed E-state index contributed by atoms with van der Waals surface area (Å²) in [5.41, 5.74) is 0.388. The van der Waals surface area contributed by atoms with E-state index in [4.69, 9.17) is 0 Å². The van der Waals surface area contributed by atoms with E-state index in [1.165, 1.54) is 11.8 Å². The molecule has 0 bridgehead atoms. The third kappa shape index (κ3) is 1.36. The number of nitrogens with one attached hydrogen (secondary N) is 1. The number of fused-ring (bicyclic) bond motifs is 1. The van der Waals surface area contributed by atoms with Gasteiger partial charge in [0.1, 0.15) is 10.1 Å². The van der Waals surface area contributed by atoms with Gasteiger partial charge in [0.15, 0.2) is 5.82 Å². The Balaban J connectivity index is 2.80. The average Bonchev–Trinajstić information content (AvgIpc) is 2.50. The van der Waals surface area contributed by atoms with Gasteiger partial charge in [-0.05, 0) is 34.3 Å². The van der Waals surface area contributed by atoms with E-state index in [0.29, 0.717) is 15.0 Å².